The zero-order valence-electron chi connectivity index (χ0n) is 17.0. The molecule has 0 bridgehead atoms. The summed E-state index contributed by atoms with van der Waals surface area (Å²) in [6, 6.07) is 7.54. The summed E-state index contributed by atoms with van der Waals surface area (Å²) in [7, 11) is 1.81. The number of carbonyl (C=O) groups is 1. The summed E-state index contributed by atoms with van der Waals surface area (Å²) in [5, 5.41) is 7.67. The van der Waals surface area contributed by atoms with Crippen molar-refractivity contribution in [1.82, 2.24) is 15.0 Å². The minimum Gasteiger partial charge on any atom is -0.490 e. The van der Waals surface area contributed by atoms with Crippen molar-refractivity contribution in [3.05, 3.63) is 36.7 Å². The molecule has 0 atom stereocenters. The SMILES string of the molecule is CNc1ncc(-c2nc3cc(OC4CC4)ccc3o2)c2cc(NC(=O)C3CC3)ncc12. The van der Waals surface area contributed by atoms with Crippen molar-refractivity contribution in [3.8, 4) is 17.2 Å². The number of aromatic nitrogens is 3. The van der Waals surface area contributed by atoms with Gasteiger partial charge in [0.2, 0.25) is 11.8 Å². The maximum absolute atomic E-state index is 12.2. The first-order valence-corrected chi connectivity index (χ1v) is 10.5. The van der Waals surface area contributed by atoms with Gasteiger partial charge in [-0.05, 0) is 43.9 Å². The standard InChI is InChI=1S/C23H21N5O3/c1-24-21-16-10-25-20(28-22(29)12-2-3-12)9-15(16)17(11-26-21)23-27-18-8-14(30-13-4-5-13)6-7-19(18)31-23/h6-13H,2-5H2,1H3,(H,24,26)(H,25,28,29). The van der Waals surface area contributed by atoms with Gasteiger partial charge in [0.1, 0.15) is 22.9 Å². The zero-order valence-corrected chi connectivity index (χ0v) is 17.0. The van der Waals surface area contributed by atoms with E-state index in [4.69, 9.17) is 14.1 Å². The van der Waals surface area contributed by atoms with Crippen molar-refractivity contribution < 1.29 is 13.9 Å². The molecule has 1 amide bonds. The van der Waals surface area contributed by atoms with E-state index >= 15 is 0 Å². The molecule has 0 aliphatic heterocycles. The molecular weight excluding hydrogens is 394 g/mol. The van der Waals surface area contributed by atoms with Crippen molar-refractivity contribution in [2.24, 2.45) is 5.92 Å². The van der Waals surface area contributed by atoms with E-state index < -0.39 is 0 Å². The number of nitrogens with zero attached hydrogens (tertiary/aromatic N) is 3. The summed E-state index contributed by atoms with van der Waals surface area (Å²) < 4.78 is 11.9. The molecule has 2 aliphatic carbocycles. The molecule has 2 aliphatic rings. The molecule has 3 heterocycles. The van der Waals surface area contributed by atoms with Gasteiger partial charge in [-0.2, -0.15) is 0 Å². The second-order valence-corrected chi connectivity index (χ2v) is 8.11. The second kappa shape index (κ2) is 6.94. The van der Waals surface area contributed by atoms with Crippen LogP contribution in [0.3, 0.4) is 0 Å². The fourth-order valence-corrected chi connectivity index (χ4v) is 3.62. The first-order valence-electron chi connectivity index (χ1n) is 10.5. The van der Waals surface area contributed by atoms with Crippen LogP contribution >= 0.6 is 0 Å². The predicted molar refractivity (Wildman–Crippen MR) is 117 cm³/mol. The summed E-state index contributed by atoms with van der Waals surface area (Å²) in [5.74, 6) is 2.59. The number of anilines is 2. The van der Waals surface area contributed by atoms with Gasteiger partial charge in [-0.25, -0.2) is 15.0 Å². The Morgan fingerprint density at radius 3 is 2.74 bits per heavy atom. The molecule has 1 aromatic carbocycles. The molecule has 0 spiro atoms. The topological polar surface area (TPSA) is 102 Å². The first kappa shape index (κ1) is 18.1. The van der Waals surface area contributed by atoms with Gasteiger partial charge in [-0.3, -0.25) is 4.79 Å². The molecule has 0 saturated heterocycles. The van der Waals surface area contributed by atoms with Crippen LogP contribution in [0.25, 0.3) is 33.3 Å². The molecule has 4 aromatic rings. The zero-order chi connectivity index (χ0) is 20.9. The number of benzene rings is 1. The lowest BCUT2D eigenvalue weighted by atomic mass is 10.1. The van der Waals surface area contributed by atoms with Crippen LogP contribution in [0.5, 0.6) is 5.75 Å². The highest BCUT2D eigenvalue weighted by Gasteiger charge is 2.30. The normalized spacial score (nSPS) is 15.9. The summed E-state index contributed by atoms with van der Waals surface area (Å²) in [4.78, 5) is 25.8. The van der Waals surface area contributed by atoms with Crippen LogP contribution < -0.4 is 15.4 Å². The highest BCUT2D eigenvalue weighted by Crippen LogP contribution is 2.36. The Bertz CT molecular complexity index is 1320. The predicted octanol–water partition coefficient (Wildman–Crippen LogP) is 4.37. The van der Waals surface area contributed by atoms with Gasteiger partial charge in [0, 0.05) is 42.2 Å². The Hall–Kier alpha value is -3.68. The number of rotatable bonds is 6. The smallest absolute Gasteiger partial charge is 0.229 e. The van der Waals surface area contributed by atoms with Crippen molar-refractivity contribution in [2.75, 3.05) is 17.7 Å². The minimum atomic E-state index is 0.0151. The van der Waals surface area contributed by atoms with E-state index in [9.17, 15) is 4.79 Å². The molecule has 8 nitrogen and oxygen atoms in total. The molecule has 0 radical (unpaired) electrons. The summed E-state index contributed by atoms with van der Waals surface area (Å²) in [6.45, 7) is 0. The molecule has 0 unspecified atom stereocenters. The number of hydrogen-bond acceptors (Lipinski definition) is 7. The van der Waals surface area contributed by atoms with Gasteiger partial charge in [0.05, 0.1) is 11.7 Å². The van der Waals surface area contributed by atoms with E-state index in [1.54, 1.807) is 12.4 Å². The molecule has 2 fully saturated rings. The minimum absolute atomic E-state index is 0.0151. The monoisotopic (exact) mass is 415 g/mol. The van der Waals surface area contributed by atoms with Gasteiger partial charge < -0.3 is 19.8 Å². The summed E-state index contributed by atoms with van der Waals surface area (Å²) in [5.41, 5.74) is 2.15. The van der Waals surface area contributed by atoms with Crippen LogP contribution in [0.2, 0.25) is 0 Å². The lowest BCUT2D eigenvalue weighted by Crippen LogP contribution is -2.14. The average Bonchev–Trinajstić information content (AvgIpc) is 3.70. The Kier molecular flexibility index (Phi) is 4.05. The van der Waals surface area contributed by atoms with Gasteiger partial charge in [0.15, 0.2) is 5.58 Å². The van der Waals surface area contributed by atoms with Crippen LogP contribution in [0.4, 0.5) is 11.6 Å². The molecule has 31 heavy (non-hydrogen) atoms. The molecule has 2 saturated carbocycles. The number of ether oxygens (including phenoxy) is 1. The Balaban J connectivity index is 1.43. The first-order chi connectivity index (χ1) is 15.2. The third-order valence-electron chi connectivity index (χ3n) is 5.62. The van der Waals surface area contributed by atoms with Gasteiger partial charge in [-0.1, -0.05) is 0 Å². The van der Waals surface area contributed by atoms with Crippen LogP contribution in [-0.4, -0.2) is 34.0 Å². The molecular formula is C23H21N5O3. The highest BCUT2D eigenvalue weighted by atomic mass is 16.5. The van der Waals surface area contributed by atoms with E-state index in [1.807, 2.05) is 31.3 Å². The second-order valence-electron chi connectivity index (χ2n) is 8.11. The number of oxazole rings is 1. The number of nitrogens with one attached hydrogen (secondary N) is 2. The van der Waals surface area contributed by atoms with Gasteiger partial charge in [-0.15, -0.1) is 0 Å². The van der Waals surface area contributed by atoms with Crippen molar-refractivity contribution in [3.63, 3.8) is 0 Å². The number of fused-ring (bicyclic) bond motifs is 2. The average molecular weight is 415 g/mol. The molecule has 8 heteroatoms. The van der Waals surface area contributed by atoms with Crippen LogP contribution in [0, 0.1) is 5.92 Å². The fourth-order valence-electron chi connectivity index (χ4n) is 3.62. The van der Waals surface area contributed by atoms with Gasteiger partial charge >= 0.3 is 0 Å². The van der Waals surface area contributed by atoms with E-state index in [0.717, 1.165) is 53.3 Å². The van der Waals surface area contributed by atoms with Crippen LogP contribution in [-0.2, 0) is 4.79 Å². The molecule has 156 valence electrons. The van der Waals surface area contributed by atoms with E-state index in [2.05, 4.69) is 20.6 Å². The number of carbonyl (C=O) groups excluding carboxylic acids is 1. The van der Waals surface area contributed by atoms with Crippen molar-refractivity contribution in [1.29, 1.82) is 0 Å². The quantitative estimate of drug-likeness (QED) is 0.482. The highest BCUT2D eigenvalue weighted by molar-refractivity contribution is 6.03. The fraction of sp³-hybridized carbons (Fsp3) is 0.304. The van der Waals surface area contributed by atoms with Crippen molar-refractivity contribution >= 4 is 39.4 Å². The van der Waals surface area contributed by atoms with E-state index in [-0.39, 0.29) is 11.8 Å². The summed E-state index contributed by atoms with van der Waals surface area (Å²) in [6.07, 6.45) is 7.85. The molecule has 3 aromatic heterocycles. The third-order valence-corrected chi connectivity index (χ3v) is 5.62. The van der Waals surface area contributed by atoms with E-state index in [1.165, 1.54) is 0 Å². The molecule has 6 rings (SSSR count). The van der Waals surface area contributed by atoms with Crippen molar-refractivity contribution in [2.45, 2.75) is 31.8 Å². The van der Waals surface area contributed by atoms with Crippen LogP contribution in [0.15, 0.2) is 41.1 Å². The maximum Gasteiger partial charge on any atom is 0.229 e. The Morgan fingerprint density at radius 2 is 1.97 bits per heavy atom. The van der Waals surface area contributed by atoms with Gasteiger partial charge in [0.25, 0.3) is 0 Å². The maximum atomic E-state index is 12.2. The lowest BCUT2D eigenvalue weighted by molar-refractivity contribution is -0.117. The van der Waals surface area contributed by atoms with Crippen LogP contribution in [0.1, 0.15) is 25.7 Å². The molecule has 2 N–H and O–H groups in total. The Labute approximate surface area is 178 Å². The summed E-state index contributed by atoms with van der Waals surface area (Å²) >= 11 is 0. The number of amides is 1. The number of hydrogen-bond donors (Lipinski definition) is 2. The third kappa shape index (κ3) is 3.43. The Morgan fingerprint density at radius 1 is 1.10 bits per heavy atom. The number of pyridine rings is 2. The van der Waals surface area contributed by atoms with E-state index in [0.29, 0.717) is 29.2 Å². The largest absolute Gasteiger partial charge is 0.490 e. The lowest BCUT2D eigenvalue weighted by Gasteiger charge is -2.10.